The molecule has 4 rings (SSSR count). The number of nitrogens with two attached hydrogens (primary N) is 1. The summed E-state index contributed by atoms with van der Waals surface area (Å²) in [5.41, 5.74) is 6.75. The highest BCUT2D eigenvalue weighted by molar-refractivity contribution is 5.76. The SMILES string of the molecule is C=C1c2c(O)ccc(CC=CNC)c2CC2CC3CC(O)C(C(N)O)C(O)C3(O)C(O)C12. The van der Waals surface area contributed by atoms with Crippen molar-refractivity contribution in [2.45, 2.75) is 55.8 Å². The van der Waals surface area contributed by atoms with Crippen molar-refractivity contribution in [3.63, 3.8) is 0 Å². The van der Waals surface area contributed by atoms with Gasteiger partial charge in [0.05, 0.1) is 24.2 Å². The van der Waals surface area contributed by atoms with Gasteiger partial charge in [-0.05, 0) is 66.5 Å². The molecule has 9 unspecified atom stereocenters. The standard InChI is InChI=1S/C24H34N2O6/c1-11-18-13(9-15-12(4-3-7-26-2)5-6-16(27)19(11)15)8-14-10-17(28)20(23(25)31)22(30)24(14,32)21(18)29/h3,5-7,13-14,17-18,20-23,26-32H,1,4,8-10,25H2,2H3. The Morgan fingerprint density at radius 2 is 1.97 bits per heavy atom. The van der Waals surface area contributed by atoms with Crippen molar-refractivity contribution in [3.05, 3.63) is 47.7 Å². The molecule has 0 spiro atoms. The van der Waals surface area contributed by atoms with Crippen LogP contribution in [0, 0.1) is 23.7 Å². The molecular weight excluding hydrogens is 412 g/mol. The molecule has 32 heavy (non-hydrogen) atoms. The average molecular weight is 447 g/mol. The highest BCUT2D eigenvalue weighted by Crippen LogP contribution is 2.56. The average Bonchev–Trinajstić information content (AvgIpc) is 2.72. The minimum absolute atomic E-state index is 0.0704. The van der Waals surface area contributed by atoms with Crippen molar-refractivity contribution in [1.29, 1.82) is 0 Å². The van der Waals surface area contributed by atoms with E-state index in [1.54, 1.807) is 6.07 Å². The maximum absolute atomic E-state index is 11.5. The molecule has 8 nitrogen and oxygen atoms in total. The van der Waals surface area contributed by atoms with Crippen molar-refractivity contribution in [1.82, 2.24) is 5.32 Å². The van der Waals surface area contributed by atoms with E-state index >= 15 is 0 Å². The summed E-state index contributed by atoms with van der Waals surface area (Å²) in [4.78, 5) is 0. The second-order valence-electron chi connectivity index (χ2n) is 9.59. The number of phenolic OH excluding ortho intramolecular Hbond substituents is 1. The van der Waals surface area contributed by atoms with Gasteiger partial charge in [0.15, 0.2) is 0 Å². The molecule has 1 aromatic rings. The number of aromatic hydroxyl groups is 1. The number of rotatable bonds is 4. The molecule has 0 saturated heterocycles. The molecule has 9 N–H and O–H groups in total. The van der Waals surface area contributed by atoms with E-state index in [0.29, 0.717) is 30.4 Å². The normalized spacial score (nSPS) is 39.8. The van der Waals surface area contributed by atoms with Crippen molar-refractivity contribution in [3.8, 4) is 5.75 Å². The smallest absolute Gasteiger partial charge is 0.123 e. The lowest BCUT2D eigenvalue weighted by Gasteiger charge is -2.59. The van der Waals surface area contributed by atoms with E-state index in [9.17, 15) is 30.6 Å². The van der Waals surface area contributed by atoms with Crippen LogP contribution in [0.5, 0.6) is 5.75 Å². The van der Waals surface area contributed by atoms with Crippen LogP contribution in [0.2, 0.25) is 0 Å². The van der Waals surface area contributed by atoms with Crippen LogP contribution in [0.4, 0.5) is 0 Å². The lowest BCUT2D eigenvalue weighted by atomic mass is 9.51. The van der Waals surface area contributed by atoms with Gasteiger partial charge in [0.25, 0.3) is 0 Å². The number of hydrogen-bond donors (Lipinski definition) is 8. The monoisotopic (exact) mass is 446 g/mol. The number of nitrogens with one attached hydrogen (secondary N) is 1. The second-order valence-corrected chi connectivity index (χ2v) is 9.59. The van der Waals surface area contributed by atoms with Crippen LogP contribution in [0.3, 0.4) is 0 Å². The van der Waals surface area contributed by atoms with Gasteiger partial charge >= 0.3 is 0 Å². The summed E-state index contributed by atoms with van der Waals surface area (Å²) in [5, 5.41) is 67.8. The molecule has 1 aromatic carbocycles. The number of benzene rings is 1. The highest BCUT2D eigenvalue weighted by Gasteiger charge is 2.64. The Morgan fingerprint density at radius 3 is 2.62 bits per heavy atom. The molecule has 3 aliphatic carbocycles. The Labute approximate surface area is 187 Å². The van der Waals surface area contributed by atoms with E-state index in [0.717, 1.165) is 11.1 Å². The fourth-order valence-corrected chi connectivity index (χ4v) is 6.45. The fraction of sp³-hybridized carbons (Fsp3) is 0.583. The Hall–Kier alpha value is -1.94. The zero-order valence-corrected chi connectivity index (χ0v) is 18.2. The van der Waals surface area contributed by atoms with Crippen LogP contribution < -0.4 is 11.1 Å². The molecule has 0 radical (unpaired) electrons. The van der Waals surface area contributed by atoms with Crippen LogP contribution in [0.25, 0.3) is 5.57 Å². The maximum atomic E-state index is 11.5. The predicted molar refractivity (Wildman–Crippen MR) is 119 cm³/mol. The molecule has 3 aliphatic rings. The van der Waals surface area contributed by atoms with Gasteiger partial charge in [0, 0.05) is 18.5 Å². The third-order valence-electron chi connectivity index (χ3n) is 7.97. The lowest BCUT2D eigenvalue weighted by Crippen LogP contribution is -2.72. The minimum atomic E-state index is -1.95. The first-order valence-corrected chi connectivity index (χ1v) is 11.2. The van der Waals surface area contributed by atoms with Gasteiger partial charge in [-0.3, -0.25) is 0 Å². The molecular formula is C24H34N2O6. The summed E-state index contributed by atoms with van der Waals surface area (Å²) >= 11 is 0. The molecule has 8 heteroatoms. The molecule has 0 aliphatic heterocycles. The van der Waals surface area contributed by atoms with Gasteiger partial charge in [-0.25, -0.2) is 0 Å². The second kappa shape index (κ2) is 8.44. The van der Waals surface area contributed by atoms with Crippen molar-refractivity contribution < 1.29 is 30.6 Å². The molecule has 9 atom stereocenters. The number of fused-ring (bicyclic) bond motifs is 3. The van der Waals surface area contributed by atoms with Crippen molar-refractivity contribution in [2.24, 2.45) is 29.4 Å². The van der Waals surface area contributed by atoms with E-state index < -0.39 is 47.9 Å². The summed E-state index contributed by atoms with van der Waals surface area (Å²) in [7, 11) is 1.82. The quantitative estimate of drug-likeness (QED) is 0.290. The predicted octanol–water partition coefficient (Wildman–Crippen LogP) is -0.400. The Bertz CT molecular complexity index is 918. The van der Waals surface area contributed by atoms with E-state index in [-0.39, 0.29) is 18.1 Å². The third kappa shape index (κ3) is 3.37. The largest absolute Gasteiger partial charge is 0.507 e. The first-order valence-electron chi connectivity index (χ1n) is 11.2. The summed E-state index contributed by atoms with van der Waals surface area (Å²) in [5.74, 6) is -2.34. The number of phenols is 1. The minimum Gasteiger partial charge on any atom is -0.507 e. The molecule has 2 fully saturated rings. The van der Waals surface area contributed by atoms with Gasteiger partial charge in [0.2, 0.25) is 0 Å². The molecule has 0 heterocycles. The van der Waals surface area contributed by atoms with E-state index in [2.05, 4.69) is 11.9 Å². The van der Waals surface area contributed by atoms with Crippen LogP contribution >= 0.6 is 0 Å². The number of aliphatic hydroxyl groups is 5. The number of allylic oxidation sites excluding steroid dienone is 1. The zero-order valence-electron chi connectivity index (χ0n) is 18.2. The molecule has 0 bridgehead atoms. The van der Waals surface area contributed by atoms with Crippen LogP contribution in [0.1, 0.15) is 29.5 Å². The summed E-state index contributed by atoms with van der Waals surface area (Å²) in [6.07, 6.45) is 0.0257. The van der Waals surface area contributed by atoms with E-state index in [4.69, 9.17) is 5.73 Å². The first kappa shape index (κ1) is 23.2. The molecule has 0 amide bonds. The topological polar surface area (TPSA) is 159 Å². The number of aliphatic hydroxyl groups excluding tert-OH is 4. The van der Waals surface area contributed by atoms with Gasteiger partial charge in [-0.15, -0.1) is 0 Å². The molecule has 2 saturated carbocycles. The van der Waals surface area contributed by atoms with Gasteiger partial charge in [-0.1, -0.05) is 18.7 Å². The maximum Gasteiger partial charge on any atom is 0.123 e. The zero-order chi connectivity index (χ0) is 23.4. The van der Waals surface area contributed by atoms with Gasteiger partial charge < -0.3 is 41.7 Å². The van der Waals surface area contributed by atoms with Gasteiger partial charge in [-0.2, -0.15) is 0 Å². The van der Waals surface area contributed by atoms with Crippen LogP contribution in [-0.4, -0.2) is 67.8 Å². The Balaban J connectivity index is 1.74. The van der Waals surface area contributed by atoms with E-state index in [1.165, 1.54) is 0 Å². The van der Waals surface area contributed by atoms with Crippen LogP contribution in [0.15, 0.2) is 31.0 Å². The van der Waals surface area contributed by atoms with Crippen LogP contribution in [-0.2, 0) is 12.8 Å². The summed E-state index contributed by atoms with van der Waals surface area (Å²) < 4.78 is 0. The Kier molecular flexibility index (Phi) is 6.13. The molecule has 176 valence electrons. The lowest BCUT2D eigenvalue weighted by molar-refractivity contribution is -0.269. The summed E-state index contributed by atoms with van der Waals surface area (Å²) in [6.45, 7) is 4.18. The third-order valence-corrected chi connectivity index (χ3v) is 7.97. The van der Waals surface area contributed by atoms with Crippen molar-refractivity contribution in [2.75, 3.05) is 7.05 Å². The van der Waals surface area contributed by atoms with Gasteiger partial charge in [0.1, 0.15) is 17.6 Å². The fourth-order valence-electron chi connectivity index (χ4n) is 6.45. The highest BCUT2D eigenvalue weighted by atomic mass is 16.4. The Morgan fingerprint density at radius 1 is 1.25 bits per heavy atom. The van der Waals surface area contributed by atoms with E-state index in [1.807, 2.05) is 25.4 Å². The number of hydrogen-bond acceptors (Lipinski definition) is 8. The molecule has 0 aromatic heterocycles. The summed E-state index contributed by atoms with van der Waals surface area (Å²) in [6, 6.07) is 3.50. The first-order chi connectivity index (χ1) is 15.1. The van der Waals surface area contributed by atoms with Crippen molar-refractivity contribution >= 4 is 5.57 Å².